The highest BCUT2D eigenvalue weighted by molar-refractivity contribution is 7.91. The summed E-state index contributed by atoms with van der Waals surface area (Å²) in [4.78, 5) is 24.8. The van der Waals surface area contributed by atoms with Gasteiger partial charge in [0.25, 0.3) is 0 Å². The van der Waals surface area contributed by atoms with Crippen molar-refractivity contribution in [1.82, 2.24) is 10.6 Å². The van der Waals surface area contributed by atoms with Crippen molar-refractivity contribution >= 4 is 27.5 Å². The molecule has 1 aliphatic rings. The summed E-state index contributed by atoms with van der Waals surface area (Å²) in [6, 6.07) is 4.26. The van der Waals surface area contributed by atoms with E-state index in [4.69, 9.17) is 0 Å². The maximum atomic E-state index is 12.6. The molecule has 2 rings (SSSR count). The number of phenolic OH excluding ortho intramolecular Hbond substituents is 1. The lowest BCUT2D eigenvalue weighted by molar-refractivity contribution is -0.119. The average molecular weight is 383 g/mol. The van der Waals surface area contributed by atoms with Crippen LogP contribution in [-0.2, 0) is 14.6 Å². The summed E-state index contributed by atoms with van der Waals surface area (Å²) in [6.07, 6.45) is 1.05. The number of phenols is 1. The van der Waals surface area contributed by atoms with Crippen LogP contribution in [0.1, 0.15) is 26.7 Å². The number of hydrogen-bond acceptors (Lipinski definition) is 5. The van der Waals surface area contributed by atoms with Crippen molar-refractivity contribution in [3.8, 4) is 5.75 Å². The fraction of sp³-hybridized carbons (Fsp3) is 0.529. The Morgan fingerprint density at radius 1 is 1.27 bits per heavy atom. The first-order chi connectivity index (χ1) is 12.2. The molecule has 0 bridgehead atoms. The van der Waals surface area contributed by atoms with Crippen LogP contribution in [0.3, 0.4) is 0 Å². The smallest absolute Gasteiger partial charge is 0.315 e. The van der Waals surface area contributed by atoms with E-state index in [0.29, 0.717) is 18.5 Å². The van der Waals surface area contributed by atoms with Crippen molar-refractivity contribution in [3.05, 3.63) is 24.3 Å². The van der Waals surface area contributed by atoms with Crippen molar-refractivity contribution in [3.63, 3.8) is 0 Å². The second-order valence-corrected chi connectivity index (χ2v) is 8.85. The highest BCUT2D eigenvalue weighted by atomic mass is 32.2. The summed E-state index contributed by atoms with van der Waals surface area (Å²) in [6.45, 7) is 3.76. The topological polar surface area (TPSA) is 125 Å². The van der Waals surface area contributed by atoms with Crippen LogP contribution in [0.25, 0.3) is 0 Å². The first kappa shape index (κ1) is 20.0. The predicted octanol–water partition coefficient (Wildman–Crippen LogP) is 1.23. The first-order valence-electron chi connectivity index (χ1n) is 8.57. The molecule has 1 saturated heterocycles. The van der Waals surface area contributed by atoms with E-state index in [1.807, 2.05) is 13.8 Å². The second-order valence-electron chi connectivity index (χ2n) is 6.62. The lowest BCUT2D eigenvalue weighted by atomic mass is 9.98. The molecule has 26 heavy (non-hydrogen) atoms. The van der Waals surface area contributed by atoms with E-state index in [-0.39, 0.29) is 29.1 Å². The molecule has 8 nitrogen and oxygen atoms in total. The molecule has 0 aliphatic carbocycles. The largest absolute Gasteiger partial charge is 0.508 e. The Bertz CT molecular complexity index is 748. The zero-order valence-electron chi connectivity index (χ0n) is 14.9. The van der Waals surface area contributed by atoms with Crippen LogP contribution in [0.2, 0.25) is 0 Å². The van der Waals surface area contributed by atoms with E-state index in [1.54, 1.807) is 12.1 Å². The number of aromatic hydroxyl groups is 1. The summed E-state index contributed by atoms with van der Waals surface area (Å²) >= 11 is 0. The summed E-state index contributed by atoms with van der Waals surface area (Å²) < 4.78 is 23.0. The van der Waals surface area contributed by atoms with Gasteiger partial charge in [-0.3, -0.25) is 4.79 Å². The predicted molar refractivity (Wildman–Crippen MR) is 98.7 cm³/mol. The molecule has 1 aromatic carbocycles. The monoisotopic (exact) mass is 383 g/mol. The Morgan fingerprint density at radius 3 is 2.46 bits per heavy atom. The van der Waals surface area contributed by atoms with Gasteiger partial charge in [0, 0.05) is 11.7 Å². The molecule has 144 valence electrons. The Kier molecular flexibility index (Phi) is 6.47. The fourth-order valence-electron chi connectivity index (χ4n) is 2.74. The van der Waals surface area contributed by atoms with E-state index in [9.17, 15) is 23.1 Å². The number of carbonyl (C=O) groups is 2. The van der Waals surface area contributed by atoms with E-state index in [0.717, 1.165) is 0 Å². The normalized spacial score (nSPS) is 20.8. The van der Waals surface area contributed by atoms with Crippen LogP contribution in [0, 0.1) is 5.92 Å². The minimum Gasteiger partial charge on any atom is -0.508 e. The number of carbonyl (C=O) groups excluding carboxylic acids is 2. The fourth-order valence-corrected chi connectivity index (χ4v) is 4.42. The van der Waals surface area contributed by atoms with Crippen LogP contribution < -0.4 is 16.0 Å². The zero-order chi connectivity index (χ0) is 19.3. The van der Waals surface area contributed by atoms with Gasteiger partial charge in [-0.1, -0.05) is 20.3 Å². The molecule has 1 fully saturated rings. The Hall–Kier alpha value is -2.29. The Balaban J connectivity index is 1.98. The molecule has 4 N–H and O–H groups in total. The lowest BCUT2D eigenvalue weighted by Crippen LogP contribution is -2.53. The Morgan fingerprint density at radius 2 is 1.92 bits per heavy atom. The van der Waals surface area contributed by atoms with Gasteiger partial charge in [0.05, 0.1) is 11.5 Å². The van der Waals surface area contributed by atoms with Crippen molar-refractivity contribution < 1.29 is 23.1 Å². The quantitative estimate of drug-likeness (QED) is 0.550. The molecule has 9 heteroatoms. The minimum atomic E-state index is -3.09. The van der Waals surface area contributed by atoms with Gasteiger partial charge >= 0.3 is 6.03 Å². The van der Waals surface area contributed by atoms with E-state index < -0.39 is 28.0 Å². The van der Waals surface area contributed by atoms with Crippen LogP contribution in [0.5, 0.6) is 5.75 Å². The van der Waals surface area contributed by atoms with Crippen molar-refractivity contribution in [2.24, 2.45) is 5.92 Å². The number of nitrogens with one attached hydrogen (secondary N) is 3. The number of amides is 3. The number of benzene rings is 1. The zero-order valence-corrected chi connectivity index (χ0v) is 15.7. The van der Waals surface area contributed by atoms with E-state index in [2.05, 4.69) is 16.0 Å². The first-order valence-corrected chi connectivity index (χ1v) is 10.4. The number of urea groups is 1. The SMILES string of the molecule is CC[C@@H](C)[C@H](NC(=O)N[C@@H]1CCS(=O)(=O)C1)C(=O)Nc1ccc(O)cc1. The van der Waals surface area contributed by atoms with Gasteiger partial charge in [0.15, 0.2) is 9.84 Å². The summed E-state index contributed by atoms with van der Waals surface area (Å²) in [5.41, 5.74) is 0.505. The number of sulfone groups is 1. The minimum absolute atomic E-state index is 0.0636. The third-order valence-corrected chi connectivity index (χ3v) is 6.25. The van der Waals surface area contributed by atoms with Gasteiger partial charge in [0.2, 0.25) is 5.91 Å². The van der Waals surface area contributed by atoms with Gasteiger partial charge in [-0.25, -0.2) is 13.2 Å². The molecule has 1 aliphatic heterocycles. The molecule has 0 saturated carbocycles. The van der Waals surface area contributed by atoms with E-state index >= 15 is 0 Å². The molecular formula is C17H25N3O5S. The van der Waals surface area contributed by atoms with Gasteiger partial charge in [-0.15, -0.1) is 0 Å². The van der Waals surface area contributed by atoms with Gasteiger partial charge in [0.1, 0.15) is 11.8 Å². The molecule has 0 aromatic heterocycles. The molecule has 0 spiro atoms. The number of rotatable bonds is 6. The summed E-state index contributed by atoms with van der Waals surface area (Å²) in [5, 5.41) is 17.3. The summed E-state index contributed by atoms with van der Waals surface area (Å²) in [7, 11) is -3.09. The standard InChI is InChI=1S/C17H25N3O5S/c1-3-11(2)15(16(22)18-12-4-6-14(21)7-5-12)20-17(23)19-13-8-9-26(24,25)10-13/h4-7,11,13,15,21H,3,8-10H2,1-2H3,(H,18,22)(H2,19,20,23)/t11-,13-,15+/m1/s1. The van der Waals surface area contributed by atoms with Crippen molar-refractivity contribution in [2.45, 2.75) is 38.8 Å². The Labute approximate surface area is 153 Å². The number of anilines is 1. The molecule has 1 heterocycles. The molecule has 0 unspecified atom stereocenters. The third kappa shape index (κ3) is 5.62. The van der Waals surface area contributed by atoms with E-state index in [1.165, 1.54) is 12.1 Å². The van der Waals surface area contributed by atoms with Gasteiger partial charge < -0.3 is 21.1 Å². The molecule has 3 atom stereocenters. The molecular weight excluding hydrogens is 358 g/mol. The average Bonchev–Trinajstić information content (AvgIpc) is 2.92. The molecule has 3 amide bonds. The highest BCUT2D eigenvalue weighted by Crippen LogP contribution is 2.16. The lowest BCUT2D eigenvalue weighted by Gasteiger charge is -2.24. The van der Waals surface area contributed by atoms with Crippen LogP contribution in [0.15, 0.2) is 24.3 Å². The van der Waals surface area contributed by atoms with Crippen molar-refractivity contribution in [1.29, 1.82) is 0 Å². The van der Waals surface area contributed by atoms with Crippen LogP contribution >= 0.6 is 0 Å². The van der Waals surface area contributed by atoms with Crippen molar-refractivity contribution in [2.75, 3.05) is 16.8 Å². The summed E-state index contributed by atoms with van der Waals surface area (Å²) in [5.74, 6) is -0.419. The van der Waals surface area contributed by atoms with Crippen LogP contribution in [-0.4, -0.2) is 49.1 Å². The number of hydrogen-bond donors (Lipinski definition) is 4. The highest BCUT2D eigenvalue weighted by Gasteiger charge is 2.31. The second kappa shape index (κ2) is 8.39. The van der Waals surface area contributed by atoms with Crippen LogP contribution in [0.4, 0.5) is 10.5 Å². The maximum Gasteiger partial charge on any atom is 0.315 e. The maximum absolute atomic E-state index is 12.6. The third-order valence-electron chi connectivity index (χ3n) is 4.48. The molecule has 1 aromatic rings. The van der Waals surface area contributed by atoms with Gasteiger partial charge in [-0.2, -0.15) is 0 Å². The molecule has 0 radical (unpaired) electrons. The van der Waals surface area contributed by atoms with Gasteiger partial charge in [-0.05, 0) is 36.6 Å².